The Morgan fingerprint density at radius 3 is 2.63 bits per heavy atom. The van der Waals surface area contributed by atoms with Crippen molar-refractivity contribution in [2.24, 2.45) is 5.92 Å². The molecule has 0 atom stereocenters. The molecule has 0 N–H and O–H groups in total. The van der Waals surface area contributed by atoms with Gasteiger partial charge in [-0.05, 0) is 30.5 Å². The van der Waals surface area contributed by atoms with Gasteiger partial charge in [0.05, 0.1) is 12.7 Å². The lowest BCUT2D eigenvalue weighted by molar-refractivity contribution is 0.0947. The van der Waals surface area contributed by atoms with E-state index < -0.39 is 0 Å². The Hall–Kier alpha value is -0.830. The molecule has 1 aromatic rings. The molecule has 0 spiro atoms. The second kappa shape index (κ2) is 6.56. The molecule has 2 nitrogen and oxygen atoms in total. The Labute approximate surface area is 123 Å². The van der Waals surface area contributed by atoms with E-state index in [1.807, 2.05) is 19.1 Å². The SMILES string of the molecule is COc1cc(C)c(Br)cc1C(=O)CC1CCCCC1. The number of carbonyl (C=O) groups excluding carboxylic acids is 1. The van der Waals surface area contributed by atoms with E-state index in [2.05, 4.69) is 15.9 Å². The monoisotopic (exact) mass is 324 g/mol. The molecule has 0 amide bonds. The quantitative estimate of drug-likeness (QED) is 0.735. The second-order valence-corrected chi connectivity index (χ2v) is 6.29. The number of hydrogen-bond donors (Lipinski definition) is 0. The van der Waals surface area contributed by atoms with Crippen molar-refractivity contribution in [1.82, 2.24) is 0 Å². The van der Waals surface area contributed by atoms with E-state index in [1.165, 1.54) is 32.1 Å². The van der Waals surface area contributed by atoms with Gasteiger partial charge in [-0.15, -0.1) is 0 Å². The molecule has 1 fully saturated rings. The predicted octanol–water partition coefficient (Wildman–Crippen LogP) is 4.92. The molecule has 0 unspecified atom stereocenters. The summed E-state index contributed by atoms with van der Waals surface area (Å²) in [6.45, 7) is 2.00. The van der Waals surface area contributed by atoms with Gasteiger partial charge in [-0.1, -0.05) is 48.0 Å². The maximum Gasteiger partial charge on any atom is 0.166 e. The van der Waals surface area contributed by atoms with Gasteiger partial charge in [0.2, 0.25) is 0 Å². The first-order valence-electron chi connectivity index (χ1n) is 6.99. The summed E-state index contributed by atoms with van der Waals surface area (Å²) in [5.41, 5.74) is 1.80. The van der Waals surface area contributed by atoms with E-state index in [0.29, 0.717) is 23.7 Å². The minimum atomic E-state index is 0.212. The molecule has 2 rings (SSSR count). The second-order valence-electron chi connectivity index (χ2n) is 5.43. The minimum absolute atomic E-state index is 0.212. The molecule has 1 aliphatic carbocycles. The van der Waals surface area contributed by atoms with Crippen molar-refractivity contribution < 1.29 is 9.53 Å². The van der Waals surface area contributed by atoms with Crippen LogP contribution in [0.25, 0.3) is 0 Å². The minimum Gasteiger partial charge on any atom is -0.496 e. The maximum atomic E-state index is 12.5. The highest BCUT2D eigenvalue weighted by atomic mass is 79.9. The summed E-state index contributed by atoms with van der Waals surface area (Å²) in [6, 6.07) is 3.83. The zero-order valence-corrected chi connectivity index (χ0v) is 13.3. The number of halogens is 1. The maximum absolute atomic E-state index is 12.5. The highest BCUT2D eigenvalue weighted by Crippen LogP contribution is 2.32. The van der Waals surface area contributed by atoms with Crippen LogP contribution in [0.1, 0.15) is 54.4 Å². The molecular formula is C16H21BrO2. The number of rotatable bonds is 4. The Balaban J connectivity index is 2.15. The van der Waals surface area contributed by atoms with Gasteiger partial charge in [-0.25, -0.2) is 0 Å². The van der Waals surface area contributed by atoms with Gasteiger partial charge in [0.1, 0.15) is 5.75 Å². The van der Waals surface area contributed by atoms with Crippen molar-refractivity contribution >= 4 is 21.7 Å². The zero-order valence-electron chi connectivity index (χ0n) is 11.7. The van der Waals surface area contributed by atoms with Crippen LogP contribution in [0.2, 0.25) is 0 Å². The molecule has 104 valence electrons. The van der Waals surface area contributed by atoms with E-state index in [0.717, 1.165) is 10.0 Å². The van der Waals surface area contributed by atoms with E-state index in [4.69, 9.17) is 4.74 Å². The summed E-state index contributed by atoms with van der Waals surface area (Å²) < 4.78 is 6.32. The molecule has 0 heterocycles. The van der Waals surface area contributed by atoms with Gasteiger partial charge in [-0.3, -0.25) is 4.79 Å². The van der Waals surface area contributed by atoms with Crippen LogP contribution in [0.4, 0.5) is 0 Å². The van der Waals surface area contributed by atoms with E-state index in [-0.39, 0.29) is 5.78 Å². The van der Waals surface area contributed by atoms with Crippen molar-refractivity contribution in [2.45, 2.75) is 45.4 Å². The summed E-state index contributed by atoms with van der Waals surface area (Å²) in [5, 5.41) is 0. The van der Waals surface area contributed by atoms with Crippen LogP contribution in [-0.4, -0.2) is 12.9 Å². The Morgan fingerprint density at radius 2 is 2.00 bits per heavy atom. The lowest BCUT2D eigenvalue weighted by Crippen LogP contribution is -2.13. The van der Waals surface area contributed by atoms with Gasteiger partial charge in [-0.2, -0.15) is 0 Å². The average Bonchev–Trinajstić information content (AvgIpc) is 2.42. The topological polar surface area (TPSA) is 26.3 Å². The molecule has 1 saturated carbocycles. The fourth-order valence-electron chi connectivity index (χ4n) is 2.81. The molecule has 0 saturated heterocycles. The number of methoxy groups -OCH3 is 1. The van der Waals surface area contributed by atoms with Gasteiger partial charge in [0, 0.05) is 10.9 Å². The van der Waals surface area contributed by atoms with Crippen molar-refractivity contribution in [1.29, 1.82) is 0 Å². The molecule has 1 aromatic carbocycles. The third kappa shape index (κ3) is 3.59. The molecule has 0 aliphatic heterocycles. The first-order valence-corrected chi connectivity index (χ1v) is 7.78. The van der Waals surface area contributed by atoms with Gasteiger partial charge in [0.15, 0.2) is 5.78 Å². The van der Waals surface area contributed by atoms with Crippen molar-refractivity contribution in [3.05, 3.63) is 27.7 Å². The van der Waals surface area contributed by atoms with Crippen molar-refractivity contribution in [3.8, 4) is 5.75 Å². The standard InChI is InChI=1S/C16H21BrO2/c1-11-8-16(19-2)13(10-14(11)17)15(18)9-12-6-4-3-5-7-12/h8,10,12H,3-7,9H2,1-2H3. The number of carbonyl (C=O) groups is 1. The molecule has 0 aromatic heterocycles. The van der Waals surface area contributed by atoms with Crippen molar-refractivity contribution in [3.63, 3.8) is 0 Å². The largest absolute Gasteiger partial charge is 0.496 e. The van der Waals surface area contributed by atoms with Crippen LogP contribution in [-0.2, 0) is 0 Å². The number of hydrogen-bond acceptors (Lipinski definition) is 2. The lowest BCUT2D eigenvalue weighted by Gasteiger charge is -2.21. The van der Waals surface area contributed by atoms with Crippen LogP contribution in [0, 0.1) is 12.8 Å². The first-order chi connectivity index (χ1) is 9.11. The fraction of sp³-hybridized carbons (Fsp3) is 0.562. The summed E-state index contributed by atoms with van der Waals surface area (Å²) in [6.07, 6.45) is 6.91. The highest BCUT2D eigenvalue weighted by molar-refractivity contribution is 9.10. The molecular weight excluding hydrogens is 304 g/mol. The fourth-order valence-corrected chi connectivity index (χ4v) is 3.15. The van der Waals surface area contributed by atoms with Gasteiger partial charge >= 0.3 is 0 Å². The molecule has 1 aliphatic rings. The van der Waals surface area contributed by atoms with E-state index in [1.54, 1.807) is 7.11 Å². The Morgan fingerprint density at radius 1 is 1.32 bits per heavy atom. The molecule has 0 radical (unpaired) electrons. The van der Waals surface area contributed by atoms with E-state index in [9.17, 15) is 4.79 Å². The van der Waals surface area contributed by atoms with Crippen molar-refractivity contribution in [2.75, 3.05) is 7.11 Å². The smallest absolute Gasteiger partial charge is 0.166 e. The average molecular weight is 325 g/mol. The number of aryl methyl sites for hydroxylation is 1. The molecule has 3 heteroatoms. The summed E-state index contributed by atoms with van der Waals surface area (Å²) in [4.78, 5) is 12.5. The van der Waals surface area contributed by atoms with Crippen LogP contribution < -0.4 is 4.74 Å². The Bertz CT molecular complexity index is 462. The van der Waals surface area contributed by atoms with Crippen LogP contribution in [0.3, 0.4) is 0 Å². The highest BCUT2D eigenvalue weighted by Gasteiger charge is 2.20. The summed E-state index contributed by atoms with van der Waals surface area (Å²) >= 11 is 3.50. The number of Topliss-reactive ketones (excluding diaryl/α,β-unsaturated/α-hetero) is 1. The number of benzene rings is 1. The lowest BCUT2D eigenvalue weighted by atomic mass is 9.84. The number of ether oxygens (including phenoxy) is 1. The van der Waals surface area contributed by atoms with Crippen LogP contribution in [0.5, 0.6) is 5.75 Å². The first kappa shape index (κ1) is 14.6. The summed E-state index contributed by atoms with van der Waals surface area (Å²) in [7, 11) is 1.63. The van der Waals surface area contributed by atoms with Crippen LogP contribution in [0.15, 0.2) is 16.6 Å². The third-order valence-electron chi connectivity index (χ3n) is 3.98. The van der Waals surface area contributed by atoms with Gasteiger partial charge < -0.3 is 4.74 Å². The van der Waals surface area contributed by atoms with Crippen LogP contribution >= 0.6 is 15.9 Å². The molecule has 0 bridgehead atoms. The number of ketones is 1. The molecule has 19 heavy (non-hydrogen) atoms. The zero-order chi connectivity index (χ0) is 13.8. The third-order valence-corrected chi connectivity index (χ3v) is 4.83. The normalized spacial score (nSPS) is 16.4. The predicted molar refractivity (Wildman–Crippen MR) is 81.0 cm³/mol. The summed E-state index contributed by atoms with van der Waals surface area (Å²) in [5.74, 6) is 1.47. The van der Waals surface area contributed by atoms with E-state index >= 15 is 0 Å². The van der Waals surface area contributed by atoms with Gasteiger partial charge in [0.25, 0.3) is 0 Å². The Kier molecular flexibility index (Phi) is 5.03.